The normalized spacial score (nSPS) is 28.4. The van der Waals surface area contributed by atoms with Crippen LogP contribution < -0.4 is 15.4 Å². The van der Waals surface area contributed by atoms with E-state index in [4.69, 9.17) is 4.74 Å². The molecule has 0 amide bonds. The molecule has 1 aromatic heterocycles. The zero-order chi connectivity index (χ0) is 13.9. The predicted octanol–water partition coefficient (Wildman–Crippen LogP) is 2.27. The van der Waals surface area contributed by atoms with Gasteiger partial charge in [0.25, 0.3) is 0 Å². The maximum Gasteiger partial charge on any atom is 0.226 e. The minimum atomic E-state index is 0.481. The molecule has 2 saturated heterocycles. The number of rotatable bonds is 5. The molecular formula is C15H24N4O. The first-order valence-corrected chi connectivity index (χ1v) is 7.74. The molecule has 5 nitrogen and oxygen atoms in total. The van der Waals surface area contributed by atoms with E-state index in [-0.39, 0.29) is 0 Å². The molecule has 1 aromatic rings. The Kier molecular flexibility index (Phi) is 4.05. The van der Waals surface area contributed by atoms with Crippen LogP contribution in [0, 0.1) is 6.92 Å². The monoisotopic (exact) mass is 276 g/mol. The molecule has 0 saturated carbocycles. The molecule has 2 fully saturated rings. The Bertz CT molecular complexity index is 453. The lowest BCUT2D eigenvalue weighted by atomic mass is 10.0. The second-order valence-electron chi connectivity index (χ2n) is 5.97. The second kappa shape index (κ2) is 5.95. The summed E-state index contributed by atoms with van der Waals surface area (Å²) in [5, 5.41) is 7.15. The van der Waals surface area contributed by atoms with Crippen molar-refractivity contribution in [2.75, 3.05) is 11.9 Å². The number of nitrogens with zero attached hydrogens (tertiary/aromatic N) is 2. The average Bonchev–Trinajstić information content (AvgIpc) is 2.75. The number of aryl methyl sites for hydroxylation is 1. The summed E-state index contributed by atoms with van der Waals surface area (Å²) in [6, 6.07) is 3.72. The lowest BCUT2D eigenvalue weighted by molar-refractivity contribution is 0.304. The Morgan fingerprint density at radius 2 is 2.05 bits per heavy atom. The molecule has 0 spiro atoms. The average molecular weight is 276 g/mol. The summed E-state index contributed by atoms with van der Waals surface area (Å²) < 4.78 is 5.62. The summed E-state index contributed by atoms with van der Waals surface area (Å²) in [6.45, 7) is 4.78. The SMILES string of the molecule is CCCOc1cc(C)nc(NC2CC3CCC(C2)N3)n1. The maximum atomic E-state index is 5.62. The van der Waals surface area contributed by atoms with Gasteiger partial charge in [0.2, 0.25) is 11.8 Å². The highest BCUT2D eigenvalue weighted by Crippen LogP contribution is 2.28. The standard InChI is InChI=1S/C15H24N4O/c1-3-6-20-14-7-10(2)16-15(19-14)18-13-8-11-4-5-12(9-13)17-11/h7,11-13,17H,3-6,8-9H2,1-2H3,(H,16,18,19). The van der Waals surface area contributed by atoms with Crippen molar-refractivity contribution in [2.24, 2.45) is 0 Å². The number of anilines is 1. The number of hydrogen-bond donors (Lipinski definition) is 2. The highest BCUT2D eigenvalue weighted by molar-refractivity contribution is 5.32. The van der Waals surface area contributed by atoms with Gasteiger partial charge in [0.1, 0.15) is 0 Å². The van der Waals surface area contributed by atoms with Crippen LogP contribution in [0.25, 0.3) is 0 Å². The molecule has 20 heavy (non-hydrogen) atoms. The summed E-state index contributed by atoms with van der Waals surface area (Å²) in [5.41, 5.74) is 0.950. The highest BCUT2D eigenvalue weighted by atomic mass is 16.5. The Morgan fingerprint density at radius 3 is 2.75 bits per heavy atom. The summed E-state index contributed by atoms with van der Waals surface area (Å²) in [6.07, 6.45) is 5.94. The number of hydrogen-bond acceptors (Lipinski definition) is 5. The summed E-state index contributed by atoms with van der Waals surface area (Å²) in [5.74, 6) is 1.39. The van der Waals surface area contributed by atoms with Crippen molar-refractivity contribution < 1.29 is 4.74 Å². The zero-order valence-corrected chi connectivity index (χ0v) is 12.4. The second-order valence-corrected chi connectivity index (χ2v) is 5.97. The van der Waals surface area contributed by atoms with E-state index in [1.165, 1.54) is 25.7 Å². The van der Waals surface area contributed by atoms with Gasteiger partial charge < -0.3 is 15.4 Å². The van der Waals surface area contributed by atoms with Crippen LogP contribution in [0.3, 0.4) is 0 Å². The number of aromatic nitrogens is 2. The van der Waals surface area contributed by atoms with E-state index < -0.39 is 0 Å². The Morgan fingerprint density at radius 1 is 1.30 bits per heavy atom. The van der Waals surface area contributed by atoms with Crippen molar-refractivity contribution in [1.82, 2.24) is 15.3 Å². The molecule has 3 heterocycles. The highest BCUT2D eigenvalue weighted by Gasteiger charge is 2.33. The Labute approximate surface area is 120 Å². The van der Waals surface area contributed by atoms with Crippen LogP contribution in [0.15, 0.2) is 6.07 Å². The van der Waals surface area contributed by atoms with Crippen molar-refractivity contribution in [3.8, 4) is 5.88 Å². The number of piperidine rings is 1. The van der Waals surface area contributed by atoms with Crippen molar-refractivity contribution in [1.29, 1.82) is 0 Å². The third-order valence-corrected chi connectivity index (χ3v) is 4.09. The van der Waals surface area contributed by atoms with E-state index in [2.05, 4.69) is 27.5 Å². The minimum Gasteiger partial charge on any atom is -0.478 e. The van der Waals surface area contributed by atoms with Gasteiger partial charge in [0, 0.05) is 29.9 Å². The summed E-state index contributed by atoms with van der Waals surface area (Å²) >= 11 is 0. The van der Waals surface area contributed by atoms with Gasteiger partial charge in [-0.2, -0.15) is 4.98 Å². The van der Waals surface area contributed by atoms with Crippen LogP contribution in [0.2, 0.25) is 0 Å². The number of nitrogens with one attached hydrogen (secondary N) is 2. The molecule has 5 heteroatoms. The summed E-state index contributed by atoms with van der Waals surface area (Å²) in [7, 11) is 0. The molecule has 2 atom stereocenters. The first-order valence-electron chi connectivity index (χ1n) is 7.74. The van der Waals surface area contributed by atoms with Crippen molar-refractivity contribution in [3.63, 3.8) is 0 Å². The first-order chi connectivity index (χ1) is 9.72. The van der Waals surface area contributed by atoms with Crippen LogP contribution in [0.5, 0.6) is 5.88 Å². The zero-order valence-electron chi connectivity index (χ0n) is 12.4. The van der Waals surface area contributed by atoms with E-state index in [0.717, 1.165) is 12.1 Å². The van der Waals surface area contributed by atoms with Gasteiger partial charge >= 0.3 is 0 Å². The molecule has 0 radical (unpaired) electrons. The summed E-state index contributed by atoms with van der Waals surface area (Å²) in [4.78, 5) is 8.95. The van der Waals surface area contributed by atoms with Crippen LogP contribution in [-0.2, 0) is 0 Å². The number of ether oxygens (including phenoxy) is 1. The van der Waals surface area contributed by atoms with Gasteiger partial charge in [-0.25, -0.2) is 4.98 Å². The molecule has 2 N–H and O–H groups in total. The molecule has 2 bridgehead atoms. The minimum absolute atomic E-state index is 0.481. The smallest absolute Gasteiger partial charge is 0.226 e. The van der Waals surface area contributed by atoms with E-state index in [1.807, 2.05) is 13.0 Å². The topological polar surface area (TPSA) is 59.1 Å². The lowest BCUT2D eigenvalue weighted by Gasteiger charge is -2.29. The fourth-order valence-electron chi connectivity index (χ4n) is 3.24. The van der Waals surface area contributed by atoms with Crippen molar-refractivity contribution in [3.05, 3.63) is 11.8 Å². The fourth-order valence-corrected chi connectivity index (χ4v) is 3.24. The van der Waals surface area contributed by atoms with Crippen molar-refractivity contribution in [2.45, 2.75) is 64.1 Å². The van der Waals surface area contributed by atoms with Gasteiger partial charge in [-0.05, 0) is 39.0 Å². The van der Waals surface area contributed by atoms with E-state index >= 15 is 0 Å². The van der Waals surface area contributed by atoms with Crippen LogP contribution in [0.1, 0.15) is 44.7 Å². The maximum absolute atomic E-state index is 5.62. The van der Waals surface area contributed by atoms with Crippen LogP contribution in [-0.4, -0.2) is 34.7 Å². The molecule has 2 unspecified atom stereocenters. The van der Waals surface area contributed by atoms with E-state index in [1.54, 1.807) is 0 Å². The van der Waals surface area contributed by atoms with Gasteiger partial charge in [0.05, 0.1) is 6.61 Å². The largest absolute Gasteiger partial charge is 0.478 e. The molecule has 0 aliphatic carbocycles. The van der Waals surface area contributed by atoms with E-state index in [9.17, 15) is 0 Å². The quantitative estimate of drug-likeness (QED) is 0.864. The molecule has 0 aromatic carbocycles. The first kappa shape index (κ1) is 13.6. The van der Waals surface area contributed by atoms with Gasteiger partial charge in [0.15, 0.2) is 0 Å². The third-order valence-electron chi connectivity index (χ3n) is 4.09. The molecule has 3 rings (SSSR count). The fraction of sp³-hybridized carbons (Fsp3) is 0.733. The molecular weight excluding hydrogens is 252 g/mol. The Hall–Kier alpha value is -1.36. The van der Waals surface area contributed by atoms with Gasteiger partial charge in [-0.3, -0.25) is 0 Å². The molecule has 2 aliphatic rings. The van der Waals surface area contributed by atoms with E-state index in [0.29, 0.717) is 36.6 Å². The molecule has 110 valence electrons. The molecule has 2 aliphatic heterocycles. The van der Waals surface area contributed by atoms with Crippen molar-refractivity contribution >= 4 is 5.95 Å². The lowest BCUT2D eigenvalue weighted by Crippen LogP contribution is -2.43. The van der Waals surface area contributed by atoms with Crippen LogP contribution >= 0.6 is 0 Å². The van der Waals surface area contributed by atoms with Gasteiger partial charge in [-0.1, -0.05) is 6.92 Å². The predicted molar refractivity (Wildman–Crippen MR) is 79.1 cm³/mol. The van der Waals surface area contributed by atoms with Gasteiger partial charge in [-0.15, -0.1) is 0 Å². The Balaban J connectivity index is 1.65. The van der Waals surface area contributed by atoms with Crippen LogP contribution in [0.4, 0.5) is 5.95 Å². The number of fused-ring (bicyclic) bond motifs is 2. The third kappa shape index (κ3) is 3.20.